The van der Waals surface area contributed by atoms with Gasteiger partial charge in [0.2, 0.25) is 5.91 Å². The van der Waals surface area contributed by atoms with Crippen molar-refractivity contribution in [3.8, 4) is 5.75 Å². The van der Waals surface area contributed by atoms with Crippen LogP contribution in [-0.2, 0) is 16.0 Å². The molecule has 0 N–H and O–H groups in total. The molecule has 0 bridgehead atoms. The smallest absolute Gasteiger partial charge is 0.223 e. The van der Waals surface area contributed by atoms with Crippen LogP contribution in [0.2, 0.25) is 0 Å². The van der Waals surface area contributed by atoms with Crippen molar-refractivity contribution in [2.24, 2.45) is 0 Å². The van der Waals surface area contributed by atoms with Crippen molar-refractivity contribution in [3.63, 3.8) is 0 Å². The van der Waals surface area contributed by atoms with Crippen LogP contribution in [0.15, 0.2) is 24.3 Å². The zero-order valence-corrected chi connectivity index (χ0v) is 14.8. The van der Waals surface area contributed by atoms with Crippen LogP contribution in [0.4, 0.5) is 0 Å². The van der Waals surface area contributed by atoms with Crippen LogP contribution >= 0.6 is 0 Å². The number of aryl methyl sites for hydroxylation is 1. The summed E-state index contributed by atoms with van der Waals surface area (Å²) in [6.07, 6.45) is 3.70. The van der Waals surface area contributed by atoms with Gasteiger partial charge in [-0.25, -0.2) is 0 Å². The Morgan fingerprint density at radius 1 is 1.30 bits per heavy atom. The third kappa shape index (κ3) is 4.96. The van der Waals surface area contributed by atoms with E-state index in [0.717, 1.165) is 25.0 Å². The standard InChI is InChI=1S/C19H29NO3/c1-15-13-20(19(2,3)14-23-15)18(21)8-6-5-7-16-9-11-17(22-4)12-10-16/h9-12,15H,5-8,13-14H2,1-4H3. The average Bonchev–Trinajstić information content (AvgIpc) is 2.54. The van der Waals surface area contributed by atoms with Crippen LogP contribution in [0.3, 0.4) is 0 Å². The number of unbranched alkanes of at least 4 members (excludes halogenated alkanes) is 1. The molecule has 0 spiro atoms. The molecule has 1 saturated heterocycles. The number of benzene rings is 1. The van der Waals surface area contributed by atoms with E-state index >= 15 is 0 Å². The highest BCUT2D eigenvalue weighted by Gasteiger charge is 2.36. The molecule has 1 fully saturated rings. The lowest BCUT2D eigenvalue weighted by Gasteiger charge is -2.44. The van der Waals surface area contributed by atoms with E-state index in [0.29, 0.717) is 19.6 Å². The maximum atomic E-state index is 12.5. The Kier molecular flexibility index (Phi) is 6.05. The predicted molar refractivity (Wildman–Crippen MR) is 91.8 cm³/mol. The maximum absolute atomic E-state index is 12.5. The molecule has 1 aromatic carbocycles. The Morgan fingerprint density at radius 3 is 2.65 bits per heavy atom. The number of hydrogen-bond acceptors (Lipinski definition) is 3. The lowest BCUT2D eigenvalue weighted by atomic mass is 9.99. The van der Waals surface area contributed by atoms with E-state index in [-0.39, 0.29) is 17.6 Å². The first kappa shape index (κ1) is 17.8. The number of morpholine rings is 1. The number of rotatable bonds is 6. The largest absolute Gasteiger partial charge is 0.497 e. The molecule has 23 heavy (non-hydrogen) atoms. The zero-order chi connectivity index (χ0) is 16.9. The summed E-state index contributed by atoms with van der Waals surface area (Å²) < 4.78 is 10.8. The van der Waals surface area contributed by atoms with E-state index in [2.05, 4.69) is 26.0 Å². The Hall–Kier alpha value is -1.55. The van der Waals surface area contributed by atoms with Gasteiger partial charge in [-0.1, -0.05) is 12.1 Å². The van der Waals surface area contributed by atoms with Gasteiger partial charge in [0, 0.05) is 13.0 Å². The molecule has 1 atom stereocenters. The van der Waals surface area contributed by atoms with Gasteiger partial charge < -0.3 is 14.4 Å². The molecular formula is C19H29NO3. The van der Waals surface area contributed by atoms with Gasteiger partial charge in [-0.2, -0.15) is 0 Å². The molecule has 1 aromatic rings. The molecule has 0 radical (unpaired) electrons. The number of carbonyl (C=O) groups excluding carboxylic acids is 1. The van der Waals surface area contributed by atoms with Gasteiger partial charge in [0.05, 0.1) is 25.4 Å². The van der Waals surface area contributed by atoms with Crippen LogP contribution in [0.1, 0.15) is 45.6 Å². The first-order valence-electron chi connectivity index (χ1n) is 8.47. The second-order valence-corrected chi connectivity index (χ2v) is 6.99. The minimum Gasteiger partial charge on any atom is -0.497 e. The fourth-order valence-electron chi connectivity index (χ4n) is 2.95. The molecule has 1 unspecified atom stereocenters. The van der Waals surface area contributed by atoms with Crippen molar-refractivity contribution in [1.82, 2.24) is 4.90 Å². The lowest BCUT2D eigenvalue weighted by molar-refractivity contribution is -0.152. The van der Waals surface area contributed by atoms with Crippen molar-refractivity contribution >= 4 is 5.91 Å². The molecule has 0 aliphatic carbocycles. The second kappa shape index (κ2) is 7.82. The van der Waals surface area contributed by atoms with E-state index < -0.39 is 0 Å². The lowest BCUT2D eigenvalue weighted by Crippen LogP contribution is -2.57. The van der Waals surface area contributed by atoms with Crippen LogP contribution in [0.25, 0.3) is 0 Å². The fourth-order valence-corrected chi connectivity index (χ4v) is 2.95. The Balaban J connectivity index is 1.75. The summed E-state index contributed by atoms with van der Waals surface area (Å²) in [5.74, 6) is 1.13. The summed E-state index contributed by atoms with van der Waals surface area (Å²) in [6.45, 7) is 7.50. The summed E-state index contributed by atoms with van der Waals surface area (Å²) in [5.41, 5.74) is 1.10. The number of methoxy groups -OCH3 is 1. The topological polar surface area (TPSA) is 38.8 Å². The molecule has 0 saturated carbocycles. The van der Waals surface area contributed by atoms with Gasteiger partial charge in [-0.05, 0) is 57.7 Å². The molecule has 4 nitrogen and oxygen atoms in total. The van der Waals surface area contributed by atoms with Gasteiger partial charge in [0.15, 0.2) is 0 Å². The number of nitrogens with zero attached hydrogens (tertiary/aromatic N) is 1. The first-order valence-corrected chi connectivity index (χ1v) is 8.47. The highest BCUT2D eigenvalue weighted by Crippen LogP contribution is 2.23. The molecule has 2 rings (SSSR count). The second-order valence-electron chi connectivity index (χ2n) is 6.99. The first-order chi connectivity index (χ1) is 10.9. The van der Waals surface area contributed by atoms with E-state index in [9.17, 15) is 4.79 Å². The highest BCUT2D eigenvalue weighted by molar-refractivity contribution is 5.77. The molecule has 1 heterocycles. The van der Waals surface area contributed by atoms with Crippen LogP contribution < -0.4 is 4.74 Å². The number of ether oxygens (including phenoxy) is 2. The number of amides is 1. The third-order valence-corrected chi connectivity index (χ3v) is 4.46. The molecule has 1 aliphatic rings. The maximum Gasteiger partial charge on any atom is 0.223 e. The van der Waals surface area contributed by atoms with Crippen molar-refractivity contribution in [2.45, 2.75) is 58.1 Å². The van der Waals surface area contributed by atoms with Crippen LogP contribution in [0.5, 0.6) is 5.75 Å². The molecular weight excluding hydrogens is 290 g/mol. The quantitative estimate of drug-likeness (QED) is 0.754. The zero-order valence-electron chi connectivity index (χ0n) is 14.8. The Morgan fingerprint density at radius 2 is 2.00 bits per heavy atom. The number of hydrogen-bond donors (Lipinski definition) is 0. The van der Waals surface area contributed by atoms with Crippen molar-refractivity contribution in [1.29, 1.82) is 0 Å². The van der Waals surface area contributed by atoms with Gasteiger partial charge in [-0.15, -0.1) is 0 Å². The summed E-state index contributed by atoms with van der Waals surface area (Å²) in [7, 11) is 1.68. The van der Waals surface area contributed by atoms with Gasteiger partial charge in [0.25, 0.3) is 0 Å². The predicted octanol–water partition coefficient (Wildman–Crippen LogP) is 3.43. The minimum absolute atomic E-state index is 0.131. The van der Waals surface area contributed by atoms with Crippen molar-refractivity contribution < 1.29 is 14.3 Å². The van der Waals surface area contributed by atoms with Gasteiger partial charge >= 0.3 is 0 Å². The normalized spacial score (nSPS) is 20.3. The molecule has 0 aromatic heterocycles. The van der Waals surface area contributed by atoms with Gasteiger partial charge in [0.1, 0.15) is 5.75 Å². The minimum atomic E-state index is -0.195. The highest BCUT2D eigenvalue weighted by atomic mass is 16.5. The Labute approximate surface area is 139 Å². The van der Waals surface area contributed by atoms with E-state index in [1.807, 2.05) is 24.0 Å². The fraction of sp³-hybridized carbons (Fsp3) is 0.632. The van der Waals surface area contributed by atoms with Crippen LogP contribution in [-0.4, -0.2) is 42.7 Å². The third-order valence-electron chi connectivity index (χ3n) is 4.46. The summed E-state index contributed by atoms with van der Waals surface area (Å²) >= 11 is 0. The average molecular weight is 319 g/mol. The van der Waals surface area contributed by atoms with Crippen molar-refractivity contribution in [2.75, 3.05) is 20.3 Å². The molecule has 1 amide bonds. The van der Waals surface area contributed by atoms with Crippen molar-refractivity contribution in [3.05, 3.63) is 29.8 Å². The SMILES string of the molecule is COc1ccc(CCCCC(=O)N2CC(C)OCC2(C)C)cc1. The van der Waals surface area contributed by atoms with E-state index in [1.54, 1.807) is 7.11 Å². The summed E-state index contributed by atoms with van der Waals surface area (Å²) in [5, 5.41) is 0. The van der Waals surface area contributed by atoms with E-state index in [1.165, 1.54) is 5.56 Å². The monoisotopic (exact) mass is 319 g/mol. The Bertz CT molecular complexity index is 510. The molecule has 1 aliphatic heterocycles. The molecule has 4 heteroatoms. The molecule has 128 valence electrons. The van der Waals surface area contributed by atoms with Crippen LogP contribution in [0, 0.1) is 0 Å². The van der Waals surface area contributed by atoms with Gasteiger partial charge in [-0.3, -0.25) is 4.79 Å². The summed E-state index contributed by atoms with van der Waals surface area (Å²) in [6, 6.07) is 8.15. The van der Waals surface area contributed by atoms with E-state index in [4.69, 9.17) is 9.47 Å². The number of carbonyl (C=O) groups is 1. The summed E-state index contributed by atoms with van der Waals surface area (Å²) in [4.78, 5) is 14.5.